The summed E-state index contributed by atoms with van der Waals surface area (Å²) in [5, 5.41) is 2.90. The smallest absolute Gasteiger partial charge is 0.264 e. The maximum atomic E-state index is 14.1. The van der Waals surface area contributed by atoms with Crippen LogP contribution in [0.2, 0.25) is 0 Å². The fourth-order valence-corrected chi connectivity index (χ4v) is 5.78. The summed E-state index contributed by atoms with van der Waals surface area (Å²) in [4.78, 5) is 28.6. The number of hydrogen-bond acceptors (Lipinski definition) is 6. The van der Waals surface area contributed by atoms with Crippen molar-refractivity contribution in [2.75, 3.05) is 31.6 Å². The van der Waals surface area contributed by atoms with E-state index in [-0.39, 0.29) is 29.0 Å². The number of amides is 2. The van der Waals surface area contributed by atoms with Gasteiger partial charge in [0.1, 0.15) is 12.6 Å². The number of rotatable bonds is 13. The van der Waals surface area contributed by atoms with E-state index in [1.165, 1.54) is 37.3 Å². The minimum Gasteiger partial charge on any atom is -0.493 e. The van der Waals surface area contributed by atoms with Crippen LogP contribution in [0.5, 0.6) is 11.5 Å². The van der Waals surface area contributed by atoms with E-state index in [4.69, 9.17) is 9.47 Å². The fraction of sp³-hybridized carbons (Fsp3) is 0.375. The number of anilines is 1. The van der Waals surface area contributed by atoms with E-state index >= 15 is 0 Å². The molecule has 0 fully saturated rings. The first-order valence-corrected chi connectivity index (χ1v) is 15.3. The van der Waals surface area contributed by atoms with Gasteiger partial charge in [-0.15, -0.1) is 0 Å². The summed E-state index contributed by atoms with van der Waals surface area (Å²) < 4.78 is 39.9. The monoisotopic (exact) mass is 595 g/mol. The third-order valence-electron chi connectivity index (χ3n) is 7.00. The van der Waals surface area contributed by atoms with E-state index in [9.17, 15) is 18.0 Å². The molecule has 0 bridgehead atoms. The third-order valence-corrected chi connectivity index (χ3v) is 8.77. The highest BCUT2D eigenvalue weighted by molar-refractivity contribution is 7.92. The SMILES string of the molecule is COc1ccc(S(=O)(=O)N(CC(=O)N(Cc2ccccc2C)[C@@H](C)C(=O)NCC(C)C)c2ccc(C)cc2)cc1OC. The van der Waals surface area contributed by atoms with Gasteiger partial charge in [-0.25, -0.2) is 8.42 Å². The maximum absolute atomic E-state index is 14.1. The summed E-state index contributed by atoms with van der Waals surface area (Å²) in [5.41, 5.74) is 3.07. The number of carbonyl (C=O) groups is 2. The van der Waals surface area contributed by atoms with Crippen LogP contribution in [0.15, 0.2) is 71.6 Å². The van der Waals surface area contributed by atoms with Gasteiger partial charge in [-0.3, -0.25) is 13.9 Å². The average Bonchev–Trinajstić information content (AvgIpc) is 2.97. The van der Waals surface area contributed by atoms with Crippen LogP contribution < -0.4 is 19.1 Å². The van der Waals surface area contributed by atoms with E-state index in [1.807, 2.05) is 52.0 Å². The maximum Gasteiger partial charge on any atom is 0.264 e. The lowest BCUT2D eigenvalue weighted by molar-refractivity contribution is -0.139. The summed E-state index contributed by atoms with van der Waals surface area (Å²) in [7, 11) is -1.37. The standard InChI is InChI=1S/C32H41N3O6S/c1-22(2)19-33-32(37)25(5)34(20-26-11-9-8-10-24(26)4)31(36)21-35(27-14-12-23(3)13-15-27)42(38,39)28-16-17-29(40-6)30(18-28)41-7/h8-18,22,25H,19-21H2,1-7H3,(H,33,37)/t25-/m0/s1. The Hall–Kier alpha value is -4.05. The lowest BCUT2D eigenvalue weighted by Gasteiger charge is -2.32. The largest absolute Gasteiger partial charge is 0.493 e. The quantitative estimate of drug-likeness (QED) is 0.307. The van der Waals surface area contributed by atoms with Crippen LogP contribution in [-0.4, -0.2) is 58.5 Å². The molecular formula is C32H41N3O6S. The molecule has 42 heavy (non-hydrogen) atoms. The second kappa shape index (κ2) is 14.2. The topological polar surface area (TPSA) is 105 Å². The average molecular weight is 596 g/mol. The molecule has 0 heterocycles. The van der Waals surface area contributed by atoms with Gasteiger partial charge in [-0.2, -0.15) is 0 Å². The number of ether oxygens (including phenoxy) is 2. The first kappa shape index (κ1) is 32.5. The molecule has 3 aromatic carbocycles. The molecule has 0 radical (unpaired) electrons. The zero-order valence-corrected chi connectivity index (χ0v) is 26.2. The van der Waals surface area contributed by atoms with Crippen molar-refractivity contribution in [1.29, 1.82) is 0 Å². The van der Waals surface area contributed by atoms with Crippen molar-refractivity contribution in [2.45, 2.75) is 52.1 Å². The van der Waals surface area contributed by atoms with E-state index < -0.39 is 28.5 Å². The van der Waals surface area contributed by atoms with Crippen LogP contribution in [0.25, 0.3) is 0 Å². The van der Waals surface area contributed by atoms with Gasteiger partial charge >= 0.3 is 0 Å². The highest BCUT2D eigenvalue weighted by Gasteiger charge is 2.33. The number of carbonyl (C=O) groups excluding carboxylic acids is 2. The van der Waals surface area contributed by atoms with Crippen molar-refractivity contribution >= 4 is 27.5 Å². The Bertz CT molecular complexity index is 1490. The Morgan fingerprint density at radius 1 is 0.881 bits per heavy atom. The lowest BCUT2D eigenvalue weighted by atomic mass is 10.1. The summed E-state index contributed by atoms with van der Waals surface area (Å²) in [6.45, 7) is 9.53. The zero-order chi connectivity index (χ0) is 31.0. The first-order valence-electron chi connectivity index (χ1n) is 13.8. The summed E-state index contributed by atoms with van der Waals surface area (Å²) >= 11 is 0. The van der Waals surface area contributed by atoms with E-state index in [0.717, 1.165) is 21.0 Å². The Morgan fingerprint density at radius 2 is 1.52 bits per heavy atom. The molecule has 1 atom stereocenters. The molecule has 0 aliphatic rings. The first-order chi connectivity index (χ1) is 19.9. The van der Waals surface area contributed by atoms with Gasteiger partial charge in [0.15, 0.2) is 11.5 Å². The van der Waals surface area contributed by atoms with Gasteiger partial charge in [0.2, 0.25) is 11.8 Å². The van der Waals surface area contributed by atoms with Crippen LogP contribution >= 0.6 is 0 Å². The molecule has 226 valence electrons. The van der Waals surface area contributed by atoms with Crippen molar-refractivity contribution in [3.8, 4) is 11.5 Å². The third kappa shape index (κ3) is 7.82. The Kier molecular flexibility index (Phi) is 11.0. The Balaban J connectivity index is 2.06. The van der Waals surface area contributed by atoms with Crippen molar-refractivity contribution in [1.82, 2.24) is 10.2 Å². The van der Waals surface area contributed by atoms with Crippen molar-refractivity contribution < 1.29 is 27.5 Å². The predicted molar refractivity (Wildman–Crippen MR) is 164 cm³/mol. The molecule has 1 N–H and O–H groups in total. The second-order valence-electron chi connectivity index (χ2n) is 10.6. The minimum absolute atomic E-state index is 0.0679. The number of methoxy groups -OCH3 is 2. The molecule has 0 saturated carbocycles. The molecule has 10 heteroatoms. The van der Waals surface area contributed by atoms with Crippen LogP contribution in [0.1, 0.15) is 37.5 Å². The molecule has 3 rings (SSSR count). The Morgan fingerprint density at radius 3 is 2.12 bits per heavy atom. The van der Waals surface area contributed by atoms with Crippen molar-refractivity contribution in [3.63, 3.8) is 0 Å². The van der Waals surface area contributed by atoms with Crippen molar-refractivity contribution in [3.05, 3.63) is 83.4 Å². The van der Waals surface area contributed by atoms with Gasteiger partial charge in [0.05, 0.1) is 24.8 Å². The Labute approximate surface area is 249 Å². The molecule has 0 spiro atoms. The normalized spacial score (nSPS) is 12.0. The number of benzene rings is 3. The minimum atomic E-state index is -4.25. The van der Waals surface area contributed by atoms with Crippen LogP contribution in [-0.2, 0) is 26.2 Å². The van der Waals surface area contributed by atoms with Gasteiger partial charge in [-0.05, 0) is 62.1 Å². The number of aryl methyl sites for hydroxylation is 2. The van der Waals surface area contributed by atoms with Crippen LogP contribution in [0.3, 0.4) is 0 Å². The summed E-state index contributed by atoms with van der Waals surface area (Å²) in [6, 6.07) is 17.9. The molecule has 3 aromatic rings. The van der Waals surface area contributed by atoms with E-state index in [2.05, 4.69) is 5.32 Å². The van der Waals surface area contributed by atoms with E-state index in [0.29, 0.717) is 18.0 Å². The van der Waals surface area contributed by atoms with Gasteiger partial charge in [0, 0.05) is 19.2 Å². The highest BCUT2D eigenvalue weighted by atomic mass is 32.2. The molecule has 0 unspecified atom stereocenters. The second-order valence-corrected chi connectivity index (χ2v) is 12.5. The number of nitrogens with zero attached hydrogens (tertiary/aromatic N) is 2. The molecule has 0 aliphatic carbocycles. The van der Waals surface area contributed by atoms with Gasteiger partial charge < -0.3 is 19.7 Å². The molecule has 0 aromatic heterocycles. The zero-order valence-electron chi connectivity index (χ0n) is 25.4. The van der Waals surface area contributed by atoms with Crippen LogP contribution in [0.4, 0.5) is 5.69 Å². The number of sulfonamides is 1. The number of hydrogen-bond donors (Lipinski definition) is 1. The van der Waals surface area contributed by atoms with Crippen molar-refractivity contribution in [2.24, 2.45) is 5.92 Å². The molecule has 0 saturated heterocycles. The van der Waals surface area contributed by atoms with Gasteiger partial charge in [0.25, 0.3) is 10.0 Å². The molecule has 0 aliphatic heterocycles. The summed E-state index contributed by atoms with van der Waals surface area (Å²) in [6.07, 6.45) is 0. The summed E-state index contributed by atoms with van der Waals surface area (Å²) in [5.74, 6) is 0.0149. The predicted octanol–water partition coefficient (Wildman–Crippen LogP) is 4.71. The number of nitrogens with one attached hydrogen (secondary N) is 1. The molecular weight excluding hydrogens is 554 g/mol. The van der Waals surface area contributed by atoms with E-state index in [1.54, 1.807) is 31.2 Å². The molecule has 9 nitrogen and oxygen atoms in total. The molecule has 2 amide bonds. The highest BCUT2D eigenvalue weighted by Crippen LogP contribution is 2.32. The fourth-order valence-electron chi connectivity index (χ4n) is 4.35. The lowest BCUT2D eigenvalue weighted by Crippen LogP contribution is -2.51. The van der Waals surface area contributed by atoms with Crippen LogP contribution in [0, 0.1) is 19.8 Å². The van der Waals surface area contributed by atoms with Gasteiger partial charge in [-0.1, -0.05) is 55.8 Å².